The lowest BCUT2D eigenvalue weighted by Gasteiger charge is -2.31. The Labute approximate surface area is 149 Å². The van der Waals surface area contributed by atoms with Gasteiger partial charge in [0.2, 0.25) is 0 Å². The Balaban J connectivity index is 1.38. The normalized spacial score (nSPS) is 27.2. The first-order valence-corrected chi connectivity index (χ1v) is 9.80. The fourth-order valence-electron chi connectivity index (χ4n) is 4.39. The lowest BCUT2D eigenvalue weighted by atomic mass is 9.94. The summed E-state index contributed by atoms with van der Waals surface area (Å²) in [5.41, 5.74) is 0.796. The summed E-state index contributed by atoms with van der Waals surface area (Å²) < 4.78 is 12.2. The molecule has 2 heterocycles. The standard InChI is InChI=1S/C20H28N2O3/c1-15-7-3-6-12-22(15)14-19(23)21-16-8-9-17-18(13-16)25-20(24-17)10-4-2-5-11-20/h8-9,13,15H,2-7,10-12,14H2,1H3,(H,21,23)/p+1/t15-/m1/s1. The van der Waals surface area contributed by atoms with Crippen molar-refractivity contribution in [3.8, 4) is 11.5 Å². The molecule has 136 valence electrons. The van der Waals surface area contributed by atoms with Crippen LogP contribution in [0.5, 0.6) is 11.5 Å². The Morgan fingerprint density at radius 2 is 1.96 bits per heavy atom. The molecule has 2 N–H and O–H groups in total. The van der Waals surface area contributed by atoms with Crippen molar-refractivity contribution in [1.82, 2.24) is 0 Å². The van der Waals surface area contributed by atoms with Crippen molar-refractivity contribution in [3.63, 3.8) is 0 Å². The molecule has 0 bridgehead atoms. The van der Waals surface area contributed by atoms with Crippen LogP contribution in [-0.4, -0.2) is 30.8 Å². The molecule has 2 aliphatic heterocycles. The molecule has 1 aliphatic carbocycles. The van der Waals surface area contributed by atoms with Gasteiger partial charge >= 0.3 is 0 Å². The fourth-order valence-corrected chi connectivity index (χ4v) is 4.39. The maximum atomic E-state index is 12.4. The average molecular weight is 345 g/mol. The molecule has 2 atom stereocenters. The summed E-state index contributed by atoms with van der Waals surface area (Å²) in [6.07, 6.45) is 9.16. The molecule has 1 aromatic rings. The Morgan fingerprint density at radius 3 is 2.76 bits per heavy atom. The Bertz CT molecular complexity index is 640. The first-order chi connectivity index (χ1) is 12.1. The van der Waals surface area contributed by atoms with Crippen molar-refractivity contribution in [1.29, 1.82) is 0 Å². The van der Waals surface area contributed by atoms with Crippen LogP contribution in [0.4, 0.5) is 5.69 Å². The molecule has 0 aromatic heterocycles. The number of hydrogen-bond donors (Lipinski definition) is 2. The van der Waals surface area contributed by atoms with Gasteiger partial charge in [-0.05, 0) is 51.2 Å². The van der Waals surface area contributed by atoms with Gasteiger partial charge < -0.3 is 19.7 Å². The number of carbonyl (C=O) groups is 1. The van der Waals surface area contributed by atoms with Crippen LogP contribution in [0.25, 0.3) is 0 Å². The number of benzene rings is 1. The van der Waals surface area contributed by atoms with E-state index >= 15 is 0 Å². The van der Waals surface area contributed by atoms with E-state index in [0.717, 1.165) is 49.4 Å². The number of amides is 1. The average Bonchev–Trinajstić information content (AvgIpc) is 2.94. The highest BCUT2D eigenvalue weighted by atomic mass is 16.7. The molecule has 5 nitrogen and oxygen atoms in total. The molecule has 3 aliphatic rings. The summed E-state index contributed by atoms with van der Waals surface area (Å²) in [7, 11) is 0. The highest BCUT2D eigenvalue weighted by molar-refractivity contribution is 5.91. The van der Waals surface area contributed by atoms with E-state index in [-0.39, 0.29) is 5.91 Å². The summed E-state index contributed by atoms with van der Waals surface area (Å²) in [6, 6.07) is 6.31. The molecule has 1 unspecified atom stereocenters. The minimum Gasteiger partial charge on any atom is -0.448 e. The van der Waals surface area contributed by atoms with Crippen molar-refractivity contribution < 1.29 is 19.2 Å². The van der Waals surface area contributed by atoms with Crippen molar-refractivity contribution in [2.24, 2.45) is 0 Å². The number of nitrogens with one attached hydrogen (secondary N) is 2. The quantitative estimate of drug-likeness (QED) is 0.885. The van der Waals surface area contributed by atoms with Gasteiger partial charge in [0.25, 0.3) is 11.7 Å². The van der Waals surface area contributed by atoms with E-state index in [2.05, 4.69) is 12.2 Å². The molecule has 25 heavy (non-hydrogen) atoms. The van der Waals surface area contributed by atoms with Crippen LogP contribution in [0, 0.1) is 0 Å². The van der Waals surface area contributed by atoms with Crippen molar-refractivity contribution in [3.05, 3.63) is 18.2 Å². The van der Waals surface area contributed by atoms with E-state index in [9.17, 15) is 4.79 Å². The van der Waals surface area contributed by atoms with Gasteiger partial charge in [-0.15, -0.1) is 0 Å². The summed E-state index contributed by atoms with van der Waals surface area (Å²) in [5.74, 6) is 1.18. The van der Waals surface area contributed by atoms with Gasteiger partial charge in [-0.25, -0.2) is 0 Å². The van der Waals surface area contributed by atoms with Crippen molar-refractivity contribution in [2.75, 3.05) is 18.4 Å². The molecular formula is C20H29N2O3+. The lowest BCUT2D eigenvalue weighted by Crippen LogP contribution is -3.17. The first-order valence-electron chi connectivity index (χ1n) is 9.80. The van der Waals surface area contributed by atoms with Gasteiger partial charge in [0.1, 0.15) is 0 Å². The van der Waals surface area contributed by atoms with E-state index in [4.69, 9.17) is 9.47 Å². The third kappa shape index (κ3) is 3.61. The van der Waals surface area contributed by atoms with E-state index in [1.807, 2.05) is 18.2 Å². The molecule has 4 rings (SSSR count). The molecule has 1 saturated carbocycles. The van der Waals surface area contributed by atoms with Crippen LogP contribution in [0.1, 0.15) is 58.3 Å². The number of rotatable bonds is 3. The zero-order valence-electron chi connectivity index (χ0n) is 15.1. The monoisotopic (exact) mass is 345 g/mol. The minimum absolute atomic E-state index is 0.0787. The molecule has 1 saturated heterocycles. The summed E-state index contributed by atoms with van der Waals surface area (Å²) in [5, 5.41) is 3.04. The summed E-state index contributed by atoms with van der Waals surface area (Å²) in [4.78, 5) is 13.8. The second-order valence-electron chi connectivity index (χ2n) is 7.87. The number of ether oxygens (including phenoxy) is 2. The smallest absolute Gasteiger partial charge is 0.279 e. The molecular weight excluding hydrogens is 316 g/mol. The second-order valence-corrected chi connectivity index (χ2v) is 7.87. The molecule has 2 fully saturated rings. The van der Waals surface area contributed by atoms with Crippen LogP contribution in [-0.2, 0) is 4.79 Å². The van der Waals surface area contributed by atoms with Gasteiger partial charge in [0.15, 0.2) is 18.0 Å². The van der Waals surface area contributed by atoms with Crippen molar-refractivity contribution >= 4 is 11.6 Å². The molecule has 1 aromatic carbocycles. The molecule has 0 radical (unpaired) electrons. The predicted octanol–water partition coefficient (Wildman–Crippen LogP) is 2.51. The van der Waals surface area contributed by atoms with Crippen LogP contribution < -0.4 is 19.7 Å². The first kappa shape index (κ1) is 16.7. The maximum absolute atomic E-state index is 12.4. The molecule has 5 heteroatoms. The van der Waals surface area contributed by atoms with E-state index < -0.39 is 5.79 Å². The Morgan fingerprint density at radius 1 is 1.16 bits per heavy atom. The number of anilines is 1. The van der Waals surface area contributed by atoms with Gasteiger partial charge in [0.05, 0.1) is 12.6 Å². The summed E-state index contributed by atoms with van der Waals surface area (Å²) >= 11 is 0. The Kier molecular flexibility index (Phi) is 4.59. The van der Waals surface area contributed by atoms with Crippen LogP contribution >= 0.6 is 0 Å². The van der Waals surface area contributed by atoms with E-state index in [1.54, 1.807) is 0 Å². The number of carbonyl (C=O) groups excluding carboxylic acids is 1. The Hall–Kier alpha value is -1.75. The number of fused-ring (bicyclic) bond motifs is 1. The SMILES string of the molecule is C[C@@H]1CCCC[NH+]1CC(=O)Nc1ccc2c(c1)OC1(CCCCC1)O2. The largest absolute Gasteiger partial charge is 0.448 e. The van der Waals surface area contributed by atoms with Crippen LogP contribution in [0.15, 0.2) is 18.2 Å². The zero-order chi connectivity index (χ0) is 17.3. The maximum Gasteiger partial charge on any atom is 0.279 e. The van der Waals surface area contributed by atoms with E-state index in [1.165, 1.54) is 30.6 Å². The number of likely N-dealkylation sites (tertiary alicyclic amines) is 1. The van der Waals surface area contributed by atoms with Gasteiger partial charge in [0, 0.05) is 24.6 Å². The van der Waals surface area contributed by atoms with Gasteiger partial charge in [-0.3, -0.25) is 4.79 Å². The number of piperidine rings is 1. The van der Waals surface area contributed by atoms with Crippen molar-refractivity contribution in [2.45, 2.75) is 70.1 Å². The predicted molar refractivity (Wildman–Crippen MR) is 96.2 cm³/mol. The number of hydrogen-bond acceptors (Lipinski definition) is 3. The highest BCUT2D eigenvalue weighted by Crippen LogP contribution is 2.46. The third-order valence-electron chi connectivity index (χ3n) is 5.90. The third-order valence-corrected chi connectivity index (χ3v) is 5.90. The highest BCUT2D eigenvalue weighted by Gasteiger charge is 2.42. The molecule has 1 spiro atoms. The van der Waals surface area contributed by atoms with E-state index in [0.29, 0.717) is 12.6 Å². The van der Waals surface area contributed by atoms with Crippen LogP contribution in [0.2, 0.25) is 0 Å². The second kappa shape index (κ2) is 6.87. The summed E-state index contributed by atoms with van der Waals surface area (Å²) in [6.45, 7) is 3.88. The topological polar surface area (TPSA) is 52.0 Å². The molecule has 1 amide bonds. The minimum atomic E-state index is -0.462. The fraction of sp³-hybridized carbons (Fsp3) is 0.650. The van der Waals surface area contributed by atoms with Gasteiger partial charge in [-0.2, -0.15) is 0 Å². The lowest BCUT2D eigenvalue weighted by molar-refractivity contribution is -0.920. The van der Waals surface area contributed by atoms with Gasteiger partial charge in [-0.1, -0.05) is 6.42 Å². The number of quaternary nitrogens is 1. The zero-order valence-corrected chi connectivity index (χ0v) is 15.1. The van der Waals surface area contributed by atoms with Crippen LogP contribution in [0.3, 0.4) is 0 Å².